The summed E-state index contributed by atoms with van der Waals surface area (Å²) in [5.41, 5.74) is 1.38. The van der Waals surface area contributed by atoms with Crippen molar-refractivity contribution in [3.63, 3.8) is 0 Å². The Hall–Kier alpha value is -0.830. The fourth-order valence-electron chi connectivity index (χ4n) is 2.74. The Morgan fingerprint density at radius 2 is 1.79 bits per heavy atom. The maximum absolute atomic E-state index is 4.46. The maximum Gasteiger partial charge on any atom is 0.0543 e. The lowest BCUT2D eigenvalue weighted by Gasteiger charge is -2.21. The fraction of sp³-hybridized carbons (Fsp3) is 0.812. The van der Waals surface area contributed by atoms with Gasteiger partial charge in [0.1, 0.15) is 0 Å². The minimum Gasteiger partial charge on any atom is -0.310 e. The Balaban J connectivity index is 1.82. The van der Waals surface area contributed by atoms with E-state index in [0.29, 0.717) is 6.04 Å². The van der Waals surface area contributed by atoms with E-state index in [4.69, 9.17) is 0 Å². The zero-order valence-corrected chi connectivity index (χ0v) is 12.8. The largest absolute Gasteiger partial charge is 0.310 e. The summed E-state index contributed by atoms with van der Waals surface area (Å²) in [7, 11) is 0. The van der Waals surface area contributed by atoms with Crippen molar-refractivity contribution in [1.29, 1.82) is 0 Å². The monoisotopic (exact) mass is 263 g/mol. The van der Waals surface area contributed by atoms with E-state index in [0.717, 1.165) is 6.54 Å². The van der Waals surface area contributed by atoms with Gasteiger partial charge in [-0.2, -0.15) is 5.10 Å². The van der Waals surface area contributed by atoms with Crippen LogP contribution in [0.5, 0.6) is 0 Å². The van der Waals surface area contributed by atoms with Crippen molar-refractivity contribution in [2.75, 3.05) is 0 Å². The van der Waals surface area contributed by atoms with Crippen LogP contribution in [0.3, 0.4) is 0 Å². The summed E-state index contributed by atoms with van der Waals surface area (Å²) in [6, 6.07) is 0.707. The minimum atomic E-state index is 0.0818. The molecule has 19 heavy (non-hydrogen) atoms. The van der Waals surface area contributed by atoms with Crippen LogP contribution in [0.25, 0.3) is 0 Å². The molecule has 0 amide bonds. The van der Waals surface area contributed by atoms with E-state index in [-0.39, 0.29) is 5.54 Å². The molecule has 1 N–H and O–H groups in total. The molecule has 1 heterocycles. The van der Waals surface area contributed by atoms with Crippen molar-refractivity contribution in [2.24, 2.45) is 0 Å². The summed E-state index contributed by atoms with van der Waals surface area (Å²) in [5, 5.41) is 8.18. The lowest BCUT2D eigenvalue weighted by atomic mass is 9.96. The van der Waals surface area contributed by atoms with Crippen molar-refractivity contribution >= 4 is 0 Å². The summed E-state index contributed by atoms with van der Waals surface area (Å²) in [5.74, 6) is 0. The van der Waals surface area contributed by atoms with Crippen LogP contribution in [0, 0.1) is 0 Å². The molecule has 0 atom stereocenters. The van der Waals surface area contributed by atoms with Crippen LogP contribution < -0.4 is 5.32 Å². The molecule has 1 saturated carbocycles. The van der Waals surface area contributed by atoms with E-state index in [1.54, 1.807) is 0 Å². The molecular weight excluding hydrogens is 234 g/mol. The van der Waals surface area contributed by atoms with Gasteiger partial charge in [-0.3, -0.25) is 4.68 Å². The molecule has 1 aromatic heterocycles. The highest BCUT2D eigenvalue weighted by atomic mass is 15.3. The smallest absolute Gasteiger partial charge is 0.0543 e. The van der Waals surface area contributed by atoms with Crippen LogP contribution in [0.2, 0.25) is 0 Å². The second kappa shape index (κ2) is 6.56. The Bertz CT molecular complexity index is 368. The molecule has 0 aromatic carbocycles. The quantitative estimate of drug-likeness (QED) is 0.898. The molecule has 2 rings (SSSR count). The summed E-state index contributed by atoms with van der Waals surface area (Å²) < 4.78 is 2.06. The van der Waals surface area contributed by atoms with Gasteiger partial charge in [-0.15, -0.1) is 0 Å². The van der Waals surface area contributed by atoms with E-state index >= 15 is 0 Å². The molecule has 1 aliphatic rings. The number of nitrogens with one attached hydrogen (secondary N) is 1. The molecule has 0 spiro atoms. The SMILES string of the molecule is CC(C)(C)n1cc(CNC2CCCCCCC2)cn1. The van der Waals surface area contributed by atoms with Gasteiger partial charge in [-0.1, -0.05) is 32.1 Å². The molecule has 0 bridgehead atoms. The first-order chi connectivity index (χ1) is 9.05. The van der Waals surface area contributed by atoms with Crippen molar-refractivity contribution < 1.29 is 0 Å². The lowest BCUT2D eigenvalue weighted by molar-refractivity contribution is 0.354. The van der Waals surface area contributed by atoms with Crippen molar-refractivity contribution in [3.05, 3.63) is 18.0 Å². The van der Waals surface area contributed by atoms with Gasteiger partial charge in [0, 0.05) is 24.3 Å². The average Bonchev–Trinajstić information content (AvgIpc) is 2.76. The summed E-state index contributed by atoms with van der Waals surface area (Å²) in [6.45, 7) is 7.52. The van der Waals surface area contributed by atoms with Gasteiger partial charge in [0.15, 0.2) is 0 Å². The van der Waals surface area contributed by atoms with Crippen molar-refractivity contribution in [1.82, 2.24) is 15.1 Å². The molecule has 0 saturated heterocycles. The predicted molar refractivity (Wildman–Crippen MR) is 80.2 cm³/mol. The Kier molecular flexibility index (Phi) is 5.03. The zero-order chi connectivity index (χ0) is 13.7. The number of rotatable bonds is 3. The first-order valence-electron chi connectivity index (χ1n) is 7.83. The minimum absolute atomic E-state index is 0.0818. The van der Waals surface area contributed by atoms with Gasteiger partial charge in [0.25, 0.3) is 0 Å². The number of aromatic nitrogens is 2. The standard InChI is InChI=1S/C16H29N3/c1-16(2,3)19-13-14(12-18-19)11-17-15-9-7-5-4-6-8-10-15/h12-13,15,17H,4-11H2,1-3H3. The number of hydrogen-bond acceptors (Lipinski definition) is 2. The first-order valence-corrected chi connectivity index (χ1v) is 7.83. The van der Waals surface area contributed by atoms with E-state index in [1.807, 2.05) is 6.20 Å². The van der Waals surface area contributed by atoms with Crippen molar-refractivity contribution in [2.45, 2.75) is 83.8 Å². The lowest BCUT2D eigenvalue weighted by Crippen LogP contribution is -2.29. The Morgan fingerprint density at radius 3 is 2.37 bits per heavy atom. The molecule has 0 radical (unpaired) electrons. The Labute approximate surface area is 117 Å². The highest BCUT2D eigenvalue weighted by Crippen LogP contribution is 2.18. The summed E-state index contributed by atoms with van der Waals surface area (Å²) >= 11 is 0. The fourth-order valence-corrected chi connectivity index (χ4v) is 2.74. The van der Waals surface area contributed by atoms with Crippen molar-refractivity contribution in [3.8, 4) is 0 Å². The normalized spacial score (nSPS) is 19.1. The van der Waals surface area contributed by atoms with Gasteiger partial charge >= 0.3 is 0 Å². The second-order valence-corrected chi connectivity index (χ2v) is 6.89. The zero-order valence-electron chi connectivity index (χ0n) is 12.8. The third kappa shape index (κ3) is 4.64. The Morgan fingerprint density at radius 1 is 1.16 bits per heavy atom. The molecule has 108 valence electrons. The van der Waals surface area contributed by atoms with E-state index < -0.39 is 0 Å². The first kappa shape index (κ1) is 14.6. The van der Waals surface area contributed by atoms with Gasteiger partial charge < -0.3 is 5.32 Å². The summed E-state index contributed by atoms with van der Waals surface area (Å²) in [4.78, 5) is 0. The highest BCUT2D eigenvalue weighted by Gasteiger charge is 2.15. The van der Waals surface area contributed by atoms with E-state index in [2.05, 4.69) is 42.1 Å². The number of hydrogen-bond donors (Lipinski definition) is 1. The molecule has 0 aliphatic heterocycles. The third-order valence-electron chi connectivity index (χ3n) is 4.02. The van der Waals surface area contributed by atoms with Crippen LogP contribution in [-0.2, 0) is 12.1 Å². The van der Waals surface area contributed by atoms with Gasteiger partial charge in [-0.25, -0.2) is 0 Å². The highest BCUT2D eigenvalue weighted by molar-refractivity contribution is 5.05. The molecule has 1 aliphatic carbocycles. The van der Waals surface area contributed by atoms with Crippen LogP contribution in [0.15, 0.2) is 12.4 Å². The molecule has 0 unspecified atom stereocenters. The van der Waals surface area contributed by atoms with E-state index in [9.17, 15) is 0 Å². The molecule has 1 aromatic rings. The van der Waals surface area contributed by atoms with Gasteiger partial charge in [0.2, 0.25) is 0 Å². The molecule has 3 heteroatoms. The van der Waals surface area contributed by atoms with E-state index in [1.165, 1.54) is 50.5 Å². The average molecular weight is 263 g/mol. The van der Waals surface area contributed by atoms with Crippen LogP contribution in [0.1, 0.15) is 71.3 Å². The maximum atomic E-state index is 4.46. The molecule has 3 nitrogen and oxygen atoms in total. The molecule has 1 fully saturated rings. The summed E-state index contributed by atoms with van der Waals surface area (Å²) in [6.07, 6.45) is 13.9. The number of nitrogens with zero attached hydrogens (tertiary/aromatic N) is 2. The topological polar surface area (TPSA) is 29.9 Å². The van der Waals surface area contributed by atoms with Crippen LogP contribution in [0.4, 0.5) is 0 Å². The molecular formula is C16H29N3. The van der Waals surface area contributed by atoms with Gasteiger partial charge in [0.05, 0.1) is 11.7 Å². The van der Waals surface area contributed by atoms with Gasteiger partial charge in [-0.05, 0) is 33.6 Å². The predicted octanol–water partition coefficient (Wildman–Crippen LogP) is 3.84. The third-order valence-corrected chi connectivity index (χ3v) is 4.02. The van der Waals surface area contributed by atoms with Crippen LogP contribution in [-0.4, -0.2) is 15.8 Å². The second-order valence-electron chi connectivity index (χ2n) is 6.89. The van der Waals surface area contributed by atoms with Crippen LogP contribution >= 0.6 is 0 Å².